The molecule has 4 aromatic rings. The van der Waals surface area contributed by atoms with Crippen LogP contribution in [0.4, 0.5) is 0 Å². The number of nitrogens with one attached hydrogen (secondary N) is 6. The molecule has 0 unspecified atom stereocenters. The van der Waals surface area contributed by atoms with Crippen LogP contribution in [0.5, 0.6) is 5.75 Å². The molecular formula is C48H60N8O15S3. The lowest BCUT2D eigenvalue weighted by molar-refractivity contribution is -0.153. The second-order valence-electron chi connectivity index (χ2n) is 16.8. The number of aromatic nitrogens is 1. The van der Waals surface area contributed by atoms with E-state index in [4.69, 9.17) is 15.4 Å². The van der Waals surface area contributed by atoms with Gasteiger partial charge in [0.1, 0.15) is 36.0 Å². The summed E-state index contributed by atoms with van der Waals surface area (Å²) in [6, 6.07) is 14.0. The number of primary amides is 1. The number of fused-ring (bicyclic) bond motifs is 1. The second kappa shape index (κ2) is 29.5. The molecule has 0 bridgehead atoms. The number of carbonyl (C=O) groups is 9. The zero-order valence-corrected chi connectivity index (χ0v) is 42.9. The van der Waals surface area contributed by atoms with E-state index in [1.807, 2.05) is 0 Å². The summed E-state index contributed by atoms with van der Waals surface area (Å²) in [6.45, 7) is -0.870. The standard InChI is InChI=1S/C48H60N8O15S3/c1-72-22-19-35(54-45(63)37(52-41(58)16-17-43(60)61)24-30-12-14-32(15-13-30)71-74(68,69)70)44(62)51-28-42(59)53-38(25-31-27-50-34-11-7-6-10-33(31)34)46(64)55-36(20-23-73-2)47(65)56(39(48(66)67)26-40(49)57)21-18-29-8-4-3-5-9-29/h3-15,27,35-39,50H,16-26,28H2,1-2H3,(H2,49,57)(H,51,62)(H,52,58)(H,53,59)(H,54,63)(H,55,64)(H,60,61)(H,66,67)(H,68,69,70)/t35-,36-,37-,38-,39-/m0/s1. The molecule has 11 N–H and O–H groups in total. The van der Waals surface area contributed by atoms with Gasteiger partial charge in [0.25, 0.3) is 0 Å². The minimum atomic E-state index is -4.85. The fourth-order valence-corrected chi connectivity index (χ4v) is 8.88. The summed E-state index contributed by atoms with van der Waals surface area (Å²) in [5.41, 5.74) is 7.88. The highest BCUT2D eigenvalue weighted by molar-refractivity contribution is 7.98. The summed E-state index contributed by atoms with van der Waals surface area (Å²) in [4.78, 5) is 123. The van der Waals surface area contributed by atoms with Crippen molar-refractivity contribution >= 4 is 98.1 Å². The summed E-state index contributed by atoms with van der Waals surface area (Å²) in [6.07, 6.45) is 3.31. The van der Waals surface area contributed by atoms with E-state index < -0.39 is 120 Å². The quantitative estimate of drug-likeness (QED) is 0.0305. The van der Waals surface area contributed by atoms with Gasteiger partial charge < -0.3 is 56.6 Å². The Kier molecular flexibility index (Phi) is 23.7. The van der Waals surface area contributed by atoms with E-state index in [1.54, 1.807) is 73.3 Å². The van der Waals surface area contributed by atoms with Crippen LogP contribution in [0.15, 0.2) is 85.1 Å². The van der Waals surface area contributed by atoms with E-state index in [2.05, 4.69) is 35.8 Å². The van der Waals surface area contributed by atoms with Crippen LogP contribution in [-0.4, -0.2) is 154 Å². The van der Waals surface area contributed by atoms with Gasteiger partial charge in [0.2, 0.25) is 41.4 Å². The molecule has 4 rings (SSSR count). The van der Waals surface area contributed by atoms with Gasteiger partial charge in [-0.05, 0) is 78.2 Å². The molecule has 5 atom stereocenters. The van der Waals surface area contributed by atoms with E-state index >= 15 is 0 Å². The number of thioether (sulfide) groups is 2. The molecule has 0 fully saturated rings. The van der Waals surface area contributed by atoms with Crippen LogP contribution in [0.25, 0.3) is 10.9 Å². The molecule has 3 aromatic carbocycles. The molecule has 23 nitrogen and oxygen atoms in total. The summed E-state index contributed by atoms with van der Waals surface area (Å²) in [5.74, 6) is -8.32. The molecule has 7 amide bonds. The van der Waals surface area contributed by atoms with Crippen molar-refractivity contribution in [3.05, 3.63) is 102 Å². The minimum Gasteiger partial charge on any atom is -0.481 e. The van der Waals surface area contributed by atoms with E-state index in [1.165, 1.54) is 47.8 Å². The lowest BCUT2D eigenvalue weighted by atomic mass is 10.0. The Labute approximate surface area is 435 Å². The first-order valence-corrected chi connectivity index (χ1v) is 27.2. The number of hydrogen-bond donors (Lipinski definition) is 10. The molecule has 26 heteroatoms. The topological polar surface area (TPSA) is 363 Å². The second-order valence-corrected chi connectivity index (χ2v) is 19.7. The van der Waals surface area contributed by atoms with Crippen LogP contribution in [0.1, 0.15) is 48.8 Å². The smallest absolute Gasteiger partial charge is 0.446 e. The van der Waals surface area contributed by atoms with Crippen molar-refractivity contribution in [1.29, 1.82) is 0 Å². The van der Waals surface area contributed by atoms with E-state index in [0.717, 1.165) is 21.4 Å². The van der Waals surface area contributed by atoms with E-state index in [-0.39, 0.29) is 44.4 Å². The highest BCUT2D eigenvalue weighted by Crippen LogP contribution is 2.21. The van der Waals surface area contributed by atoms with Gasteiger partial charge in [-0.15, -0.1) is 0 Å². The number of carboxylic acids is 2. The first-order valence-electron chi connectivity index (χ1n) is 23.0. The average molecular weight is 1090 g/mol. The number of H-pyrrole nitrogens is 1. The van der Waals surface area contributed by atoms with Crippen LogP contribution in [0.3, 0.4) is 0 Å². The number of rotatable bonds is 32. The molecule has 0 saturated carbocycles. The molecule has 400 valence electrons. The van der Waals surface area contributed by atoms with Crippen LogP contribution in [-0.2, 0) is 72.8 Å². The van der Waals surface area contributed by atoms with Gasteiger partial charge in [0, 0.05) is 42.9 Å². The van der Waals surface area contributed by atoms with Crippen molar-refractivity contribution in [3.8, 4) is 5.75 Å². The third-order valence-electron chi connectivity index (χ3n) is 11.2. The van der Waals surface area contributed by atoms with Gasteiger partial charge in [0.05, 0.1) is 19.4 Å². The summed E-state index contributed by atoms with van der Waals surface area (Å²) < 4.78 is 35.8. The van der Waals surface area contributed by atoms with E-state index in [0.29, 0.717) is 22.6 Å². The number of carboxylic acid groups (broad SMARTS) is 2. The average Bonchev–Trinajstić information content (AvgIpc) is 3.76. The van der Waals surface area contributed by atoms with Crippen molar-refractivity contribution in [1.82, 2.24) is 36.5 Å². The van der Waals surface area contributed by atoms with Gasteiger partial charge in [-0.25, -0.2) is 4.79 Å². The van der Waals surface area contributed by atoms with Gasteiger partial charge in [0.15, 0.2) is 0 Å². The molecule has 0 aliphatic heterocycles. The summed E-state index contributed by atoms with van der Waals surface area (Å²) >= 11 is 2.69. The molecule has 0 aliphatic carbocycles. The van der Waals surface area contributed by atoms with Crippen molar-refractivity contribution in [2.75, 3.05) is 37.1 Å². The number of amides is 7. The Morgan fingerprint density at radius 3 is 1.91 bits per heavy atom. The van der Waals surface area contributed by atoms with Crippen molar-refractivity contribution < 1.29 is 70.5 Å². The minimum absolute atomic E-state index is 0.0224. The predicted molar refractivity (Wildman–Crippen MR) is 275 cm³/mol. The Balaban J connectivity index is 1.57. The van der Waals surface area contributed by atoms with Gasteiger partial charge in [-0.2, -0.15) is 31.9 Å². The predicted octanol–water partition coefficient (Wildman–Crippen LogP) is 0.961. The van der Waals surface area contributed by atoms with Crippen molar-refractivity contribution in [2.24, 2.45) is 5.73 Å². The first-order chi connectivity index (χ1) is 35.2. The maximum Gasteiger partial charge on any atom is 0.446 e. The number of nitrogens with two attached hydrogens (primary N) is 1. The lowest BCUT2D eigenvalue weighted by Crippen LogP contribution is -2.59. The number of carbonyl (C=O) groups excluding carboxylic acids is 7. The number of aliphatic carboxylic acids is 2. The fraction of sp³-hybridized carbons (Fsp3) is 0.396. The van der Waals surface area contributed by atoms with Crippen LogP contribution < -0.4 is 36.5 Å². The van der Waals surface area contributed by atoms with Crippen LogP contribution >= 0.6 is 23.5 Å². The molecular weight excluding hydrogens is 1020 g/mol. The zero-order chi connectivity index (χ0) is 54.4. The maximum atomic E-state index is 14.5. The molecule has 0 saturated heterocycles. The monoisotopic (exact) mass is 1080 g/mol. The molecule has 0 spiro atoms. The van der Waals surface area contributed by atoms with Crippen LogP contribution in [0, 0.1) is 0 Å². The first kappa shape index (κ1) is 59.4. The van der Waals surface area contributed by atoms with Gasteiger partial charge in [-0.1, -0.05) is 60.7 Å². The molecule has 0 aliphatic rings. The van der Waals surface area contributed by atoms with Crippen LogP contribution in [0.2, 0.25) is 0 Å². The number of benzene rings is 3. The van der Waals surface area contributed by atoms with Gasteiger partial charge >= 0.3 is 22.3 Å². The fourth-order valence-electron chi connectivity index (χ4n) is 7.58. The highest BCUT2D eigenvalue weighted by atomic mass is 32.3. The largest absolute Gasteiger partial charge is 0.481 e. The Morgan fingerprint density at radius 1 is 0.703 bits per heavy atom. The molecule has 1 aromatic heterocycles. The SMILES string of the molecule is CSCC[C@H](NC(=O)[C@H](Cc1ccc(OS(=O)(=O)O)cc1)NC(=O)CCC(=O)O)C(=O)NCC(=O)N[C@@H](Cc1c[nH]c2ccccc12)C(=O)N[C@@H](CCSC)C(=O)N(CCc1ccccc1)[C@@H](CC(N)=O)C(=O)O. The molecule has 74 heavy (non-hydrogen) atoms. The Morgan fingerprint density at radius 2 is 1.30 bits per heavy atom. The zero-order valence-electron chi connectivity index (χ0n) is 40.4. The Hall–Kier alpha value is -7.16. The van der Waals surface area contributed by atoms with Gasteiger partial charge in [-0.3, -0.25) is 42.9 Å². The van der Waals surface area contributed by atoms with Crippen molar-refractivity contribution in [2.45, 2.75) is 81.6 Å². The Bertz CT molecular complexity index is 2710. The molecule has 0 radical (unpaired) electrons. The maximum absolute atomic E-state index is 14.5. The summed E-state index contributed by atoms with van der Waals surface area (Å²) in [7, 11) is -4.85. The third-order valence-corrected chi connectivity index (χ3v) is 12.9. The number of aromatic amines is 1. The van der Waals surface area contributed by atoms with Crippen molar-refractivity contribution in [3.63, 3.8) is 0 Å². The number of nitrogens with zero attached hydrogens (tertiary/aromatic N) is 1. The normalized spacial score (nSPS) is 13.2. The highest BCUT2D eigenvalue weighted by Gasteiger charge is 2.37. The van der Waals surface area contributed by atoms with E-state index in [9.17, 15) is 56.7 Å². The number of hydrogen-bond acceptors (Lipinski definition) is 14. The molecule has 1 heterocycles. The third kappa shape index (κ3) is 20.0. The lowest BCUT2D eigenvalue weighted by Gasteiger charge is -2.33. The summed E-state index contributed by atoms with van der Waals surface area (Å²) in [5, 5.41) is 32.9. The number of para-hydroxylation sites is 1.